The maximum absolute atomic E-state index is 11.1. The van der Waals surface area contributed by atoms with Crippen molar-refractivity contribution in [3.8, 4) is 5.75 Å². The number of benzene rings is 1. The van der Waals surface area contributed by atoms with Gasteiger partial charge >= 0.3 is 26.6 Å². The van der Waals surface area contributed by atoms with E-state index in [1.807, 2.05) is 0 Å². The second-order valence-electron chi connectivity index (χ2n) is 3.91. The van der Waals surface area contributed by atoms with E-state index in [0.29, 0.717) is 0 Å². The van der Waals surface area contributed by atoms with Crippen LogP contribution in [0, 0.1) is 0 Å². The van der Waals surface area contributed by atoms with Crippen LogP contribution in [0.1, 0.15) is 5.56 Å². The fourth-order valence-corrected chi connectivity index (χ4v) is 3.47. The molecular weight excluding hydrogens is 330 g/mol. The van der Waals surface area contributed by atoms with Crippen LogP contribution >= 0.6 is 0 Å². The minimum absolute atomic E-state index is 0.146. The standard InChI is InChI=1S/C9H11NO9S2/c11-7-3-1-6(2-4-7)5-8(9(12)13)10(20(14,15)16)21(17,18)19/h1-4,8,11H,5H2,(H,12,13)(H,14,15,16)(H,17,18,19)/t8-/m0/s1. The molecule has 0 aliphatic carbocycles. The van der Waals surface area contributed by atoms with Crippen LogP contribution in [0.3, 0.4) is 0 Å². The normalized spacial score (nSPS) is 14.0. The zero-order chi connectivity index (χ0) is 16.4. The molecule has 1 aromatic carbocycles. The van der Waals surface area contributed by atoms with Crippen molar-refractivity contribution < 1.29 is 40.9 Å². The third-order valence-electron chi connectivity index (χ3n) is 2.36. The number of carbonyl (C=O) groups is 1. The second kappa shape index (κ2) is 5.95. The van der Waals surface area contributed by atoms with Crippen LogP contribution in [0.25, 0.3) is 0 Å². The molecule has 0 aliphatic heterocycles. The summed E-state index contributed by atoms with van der Waals surface area (Å²) in [5.41, 5.74) is 0.150. The predicted octanol–water partition coefficient (Wildman–Crippen LogP) is -0.704. The Labute approximate surface area is 120 Å². The molecular formula is C9H11NO9S2. The average molecular weight is 341 g/mol. The van der Waals surface area contributed by atoms with Gasteiger partial charge in [0.25, 0.3) is 0 Å². The highest BCUT2D eigenvalue weighted by molar-refractivity contribution is 7.98. The van der Waals surface area contributed by atoms with E-state index in [2.05, 4.69) is 0 Å². The molecule has 1 rings (SSSR count). The molecule has 1 aromatic rings. The molecule has 0 amide bonds. The molecule has 0 bridgehead atoms. The van der Waals surface area contributed by atoms with Crippen molar-refractivity contribution in [3.63, 3.8) is 0 Å². The Morgan fingerprint density at radius 3 is 1.81 bits per heavy atom. The number of phenols is 1. The summed E-state index contributed by atoms with van der Waals surface area (Å²) in [6.45, 7) is 0. The summed E-state index contributed by atoms with van der Waals surface area (Å²) in [7, 11) is -11.1. The summed E-state index contributed by atoms with van der Waals surface area (Å²) < 4.78 is 60.7. The molecule has 0 saturated heterocycles. The van der Waals surface area contributed by atoms with Crippen LogP contribution in [0.5, 0.6) is 5.75 Å². The Kier molecular flexibility index (Phi) is 4.91. The number of nitrogens with zero attached hydrogens (tertiary/aromatic N) is 1. The van der Waals surface area contributed by atoms with Gasteiger partial charge in [-0.05, 0) is 21.4 Å². The summed E-state index contributed by atoms with van der Waals surface area (Å²) >= 11 is 0. The molecule has 118 valence electrons. The maximum atomic E-state index is 11.1. The Morgan fingerprint density at radius 1 is 1.05 bits per heavy atom. The third kappa shape index (κ3) is 4.64. The first-order chi connectivity index (χ1) is 9.43. The molecule has 1 atom stereocenters. The summed E-state index contributed by atoms with van der Waals surface area (Å²) in [6.07, 6.45) is -0.671. The van der Waals surface area contributed by atoms with E-state index in [1.54, 1.807) is 0 Å². The monoisotopic (exact) mass is 341 g/mol. The first kappa shape index (κ1) is 17.3. The Bertz CT molecular complexity index is 691. The molecule has 12 heteroatoms. The van der Waals surface area contributed by atoms with E-state index < -0.39 is 42.8 Å². The molecule has 21 heavy (non-hydrogen) atoms. The number of hydrogen-bond acceptors (Lipinski definition) is 6. The molecule has 0 fully saturated rings. The molecule has 0 aliphatic rings. The van der Waals surface area contributed by atoms with Gasteiger partial charge in [0.1, 0.15) is 11.8 Å². The number of aromatic hydroxyl groups is 1. The van der Waals surface area contributed by atoms with Gasteiger partial charge in [-0.25, -0.2) is 0 Å². The highest BCUT2D eigenvalue weighted by Gasteiger charge is 2.42. The molecule has 10 nitrogen and oxygen atoms in total. The van der Waals surface area contributed by atoms with Gasteiger partial charge < -0.3 is 10.2 Å². The topological polar surface area (TPSA) is 170 Å². The van der Waals surface area contributed by atoms with Crippen molar-refractivity contribution in [1.29, 1.82) is 0 Å². The molecule has 0 radical (unpaired) electrons. The Hall–Kier alpha value is -1.73. The van der Waals surface area contributed by atoms with Crippen molar-refractivity contribution in [2.75, 3.05) is 0 Å². The van der Waals surface area contributed by atoms with Gasteiger partial charge in [0, 0.05) is 6.42 Å². The van der Waals surface area contributed by atoms with Crippen LogP contribution in [0.15, 0.2) is 24.3 Å². The molecule has 0 heterocycles. The minimum atomic E-state index is -5.53. The first-order valence-corrected chi connectivity index (χ1v) is 7.97. The molecule has 0 aromatic heterocycles. The van der Waals surface area contributed by atoms with E-state index in [0.717, 1.165) is 0 Å². The predicted molar refractivity (Wildman–Crippen MR) is 68.2 cm³/mol. The van der Waals surface area contributed by atoms with Crippen LogP contribution < -0.4 is 0 Å². The zero-order valence-electron chi connectivity index (χ0n) is 10.2. The Balaban J connectivity index is 3.27. The summed E-state index contributed by atoms with van der Waals surface area (Å²) in [4.78, 5) is 11.1. The maximum Gasteiger partial charge on any atom is 0.351 e. The number of carboxylic acids is 1. The molecule has 4 N–H and O–H groups in total. The minimum Gasteiger partial charge on any atom is -0.508 e. The van der Waals surface area contributed by atoms with Crippen LogP contribution in [-0.4, -0.2) is 51.9 Å². The van der Waals surface area contributed by atoms with Gasteiger partial charge in [-0.1, -0.05) is 12.1 Å². The van der Waals surface area contributed by atoms with E-state index >= 15 is 0 Å². The fourth-order valence-electron chi connectivity index (χ4n) is 1.55. The average Bonchev–Trinajstić information content (AvgIpc) is 2.27. The van der Waals surface area contributed by atoms with Crippen molar-refractivity contribution in [2.24, 2.45) is 0 Å². The number of hydrogen-bond donors (Lipinski definition) is 4. The zero-order valence-corrected chi connectivity index (χ0v) is 11.8. The highest BCUT2D eigenvalue weighted by Crippen LogP contribution is 2.18. The lowest BCUT2D eigenvalue weighted by atomic mass is 10.1. The number of carboxylic acid groups (broad SMARTS) is 1. The fraction of sp³-hybridized carbons (Fsp3) is 0.222. The third-order valence-corrected chi connectivity index (χ3v) is 4.91. The number of phenolic OH excluding ortho intramolecular Hbond substituents is 1. The van der Waals surface area contributed by atoms with Gasteiger partial charge in [-0.15, -0.1) is 0 Å². The number of aliphatic carboxylic acids is 1. The lowest BCUT2D eigenvalue weighted by molar-refractivity contribution is -0.140. The van der Waals surface area contributed by atoms with Crippen molar-refractivity contribution >= 4 is 26.6 Å². The number of rotatable bonds is 6. The SMILES string of the molecule is O=C(O)[C@H](Cc1ccc(O)cc1)N(S(=O)(=O)O)S(=O)(=O)O. The van der Waals surface area contributed by atoms with E-state index in [4.69, 9.17) is 19.3 Å². The van der Waals surface area contributed by atoms with Crippen molar-refractivity contribution in [1.82, 2.24) is 3.71 Å². The van der Waals surface area contributed by atoms with Crippen LogP contribution in [-0.2, 0) is 31.8 Å². The summed E-state index contributed by atoms with van der Waals surface area (Å²) in [5.74, 6) is -2.05. The molecule has 0 spiro atoms. The van der Waals surface area contributed by atoms with E-state index in [-0.39, 0.29) is 11.3 Å². The second-order valence-corrected chi connectivity index (χ2v) is 6.71. The highest BCUT2D eigenvalue weighted by atomic mass is 32.3. The summed E-state index contributed by atoms with van der Waals surface area (Å²) in [6, 6.07) is 2.48. The Morgan fingerprint density at radius 2 is 1.48 bits per heavy atom. The summed E-state index contributed by atoms with van der Waals surface area (Å²) in [5, 5.41) is 18.0. The van der Waals surface area contributed by atoms with Gasteiger partial charge in [0.2, 0.25) is 0 Å². The lowest BCUT2D eigenvalue weighted by Gasteiger charge is -2.21. The van der Waals surface area contributed by atoms with E-state index in [1.165, 1.54) is 24.3 Å². The largest absolute Gasteiger partial charge is 0.508 e. The lowest BCUT2D eigenvalue weighted by Crippen LogP contribution is -2.49. The van der Waals surface area contributed by atoms with Gasteiger partial charge in [-0.3, -0.25) is 13.9 Å². The molecule has 0 saturated carbocycles. The molecule has 0 unspecified atom stereocenters. The quantitative estimate of drug-likeness (QED) is 0.488. The first-order valence-electron chi connectivity index (χ1n) is 5.18. The van der Waals surface area contributed by atoms with Gasteiger partial charge in [-0.2, -0.15) is 16.8 Å². The van der Waals surface area contributed by atoms with Gasteiger partial charge in [0.05, 0.1) is 0 Å². The smallest absolute Gasteiger partial charge is 0.351 e. The van der Waals surface area contributed by atoms with Crippen molar-refractivity contribution in [3.05, 3.63) is 29.8 Å². The van der Waals surface area contributed by atoms with Crippen LogP contribution in [0.2, 0.25) is 0 Å². The van der Waals surface area contributed by atoms with Crippen LogP contribution in [0.4, 0.5) is 0 Å². The van der Waals surface area contributed by atoms with E-state index in [9.17, 15) is 21.6 Å². The van der Waals surface area contributed by atoms with Crippen molar-refractivity contribution in [2.45, 2.75) is 12.5 Å². The van der Waals surface area contributed by atoms with Gasteiger partial charge in [0.15, 0.2) is 0 Å².